The van der Waals surface area contributed by atoms with Gasteiger partial charge in [-0.15, -0.1) is 0 Å². The summed E-state index contributed by atoms with van der Waals surface area (Å²) in [6.45, 7) is 7.57. The fourth-order valence-corrected chi connectivity index (χ4v) is 2.70. The molecule has 0 spiro atoms. The normalized spacial score (nSPS) is 25.4. The van der Waals surface area contributed by atoms with Crippen LogP contribution in [0.3, 0.4) is 0 Å². The van der Waals surface area contributed by atoms with Crippen molar-refractivity contribution in [2.24, 2.45) is 11.3 Å². The fourth-order valence-electron chi connectivity index (χ4n) is 2.70. The number of carboxylic acid groups (broad SMARTS) is 1. The first-order chi connectivity index (χ1) is 9.21. The summed E-state index contributed by atoms with van der Waals surface area (Å²) in [4.78, 5) is 23.3. The van der Waals surface area contributed by atoms with Gasteiger partial charge in [0.05, 0.1) is 0 Å². The van der Waals surface area contributed by atoms with Crippen LogP contribution < -0.4 is 10.6 Å². The summed E-state index contributed by atoms with van der Waals surface area (Å²) in [6.07, 6.45) is 5.63. The Labute approximate surface area is 121 Å². The third kappa shape index (κ3) is 5.02. The van der Waals surface area contributed by atoms with Crippen LogP contribution in [-0.2, 0) is 4.79 Å². The molecule has 2 unspecified atom stereocenters. The molecule has 2 amide bonds. The van der Waals surface area contributed by atoms with Crippen LogP contribution >= 0.6 is 0 Å². The molecule has 1 fully saturated rings. The Kier molecular flexibility index (Phi) is 5.84. The van der Waals surface area contributed by atoms with Gasteiger partial charge in [-0.05, 0) is 24.2 Å². The number of hydrogen-bond donors (Lipinski definition) is 3. The third-order valence-electron chi connectivity index (χ3n) is 4.07. The minimum atomic E-state index is -0.999. The molecule has 0 aromatic heterocycles. The molecule has 1 aliphatic carbocycles. The minimum Gasteiger partial charge on any atom is -0.480 e. The number of urea groups is 1. The quantitative estimate of drug-likeness (QED) is 0.697. The van der Waals surface area contributed by atoms with Crippen LogP contribution in [0.1, 0.15) is 59.8 Å². The lowest BCUT2D eigenvalue weighted by atomic mass is 9.87. The van der Waals surface area contributed by atoms with Gasteiger partial charge in [0, 0.05) is 6.04 Å². The maximum Gasteiger partial charge on any atom is 0.326 e. The van der Waals surface area contributed by atoms with E-state index in [1.54, 1.807) is 20.8 Å². The number of nitrogens with one attached hydrogen (secondary N) is 2. The second-order valence-electron chi connectivity index (χ2n) is 6.98. The summed E-state index contributed by atoms with van der Waals surface area (Å²) in [6, 6.07) is -1.11. The van der Waals surface area contributed by atoms with E-state index in [4.69, 9.17) is 0 Å². The predicted molar refractivity (Wildman–Crippen MR) is 78.6 cm³/mol. The van der Waals surface area contributed by atoms with E-state index in [1.165, 1.54) is 12.8 Å². The van der Waals surface area contributed by atoms with Gasteiger partial charge in [-0.1, -0.05) is 47.0 Å². The van der Waals surface area contributed by atoms with Crippen molar-refractivity contribution in [1.82, 2.24) is 10.6 Å². The van der Waals surface area contributed by atoms with E-state index in [0.29, 0.717) is 5.92 Å². The van der Waals surface area contributed by atoms with Crippen LogP contribution in [0.2, 0.25) is 0 Å². The molecule has 5 nitrogen and oxygen atoms in total. The largest absolute Gasteiger partial charge is 0.480 e. The van der Waals surface area contributed by atoms with Crippen molar-refractivity contribution in [3.63, 3.8) is 0 Å². The van der Waals surface area contributed by atoms with E-state index in [-0.39, 0.29) is 12.1 Å². The first kappa shape index (κ1) is 16.8. The lowest BCUT2D eigenvalue weighted by molar-refractivity contribution is -0.141. The minimum absolute atomic E-state index is 0.145. The third-order valence-corrected chi connectivity index (χ3v) is 4.07. The average molecular weight is 284 g/mol. The molecule has 1 aliphatic rings. The first-order valence-electron chi connectivity index (χ1n) is 7.51. The number of carboxylic acids is 1. The zero-order valence-corrected chi connectivity index (χ0v) is 13.0. The molecule has 0 heterocycles. The van der Waals surface area contributed by atoms with Crippen molar-refractivity contribution >= 4 is 12.0 Å². The molecular formula is C15H28N2O3. The molecule has 3 N–H and O–H groups in total. The van der Waals surface area contributed by atoms with Crippen molar-refractivity contribution in [2.75, 3.05) is 0 Å². The molecule has 5 heteroatoms. The van der Waals surface area contributed by atoms with Crippen molar-refractivity contribution in [3.05, 3.63) is 0 Å². The Balaban J connectivity index is 2.59. The van der Waals surface area contributed by atoms with Gasteiger partial charge in [-0.2, -0.15) is 0 Å². The van der Waals surface area contributed by atoms with Gasteiger partial charge in [0.1, 0.15) is 6.04 Å². The van der Waals surface area contributed by atoms with Crippen LogP contribution in [0, 0.1) is 11.3 Å². The summed E-state index contributed by atoms with van der Waals surface area (Å²) in [5.74, 6) is -0.553. The highest BCUT2D eigenvalue weighted by molar-refractivity contribution is 5.83. The highest BCUT2D eigenvalue weighted by atomic mass is 16.4. The summed E-state index contributed by atoms with van der Waals surface area (Å²) in [5, 5.41) is 14.8. The second kappa shape index (κ2) is 6.95. The molecule has 0 aromatic carbocycles. The number of aliphatic carboxylic acids is 1. The Morgan fingerprint density at radius 3 is 2.30 bits per heavy atom. The van der Waals surface area contributed by atoms with E-state index >= 15 is 0 Å². The maximum absolute atomic E-state index is 12.0. The molecule has 3 atom stereocenters. The van der Waals surface area contributed by atoms with Gasteiger partial charge >= 0.3 is 12.0 Å². The number of carbonyl (C=O) groups is 2. The molecule has 0 radical (unpaired) electrons. The average Bonchev–Trinajstić information content (AvgIpc) is 2.50. The van der Waals surface area contributed by atoms with Gasteiger partial charge in [-0.25, -0.2) is 9.59 Å². The molecule has 20 heavy (non-hydrogen) atoms. The summed E-state index contributed by atoms with van der Waals surface area (Å²) in [5.41, 5.74) is -0.516. The molecule has 0 aliphatic heterocycles. The van der Waals surface area contributed by atoms with E-state index in [2.05, 4.69) is 17.6 Å². The van der Waals surface area contributed by atoms with Gasteiger partial charge in [0.15, 0.2) is 0 Å². The molecule has 1 rings (SSSR count). The van der Waals surface area contributed by atoms with Crippen molar-refractivity contribution in [2.45, 2.75) is 71.9 Å². The van der Waals surface area contributed by atoms with Gasteiger partial charge in [0.25, 0.3) is 0 Å². The Morgan fingerprint density at radius 2 is 1.75 bits per heavy atom. The standard InChI is InChI=1S/C15H28N2O3/c1-10-8-6-5-7-9-11(10)16-14(20)17-12(13(18)19)15(2,3)4/h10-12H,5-9H2,1-4H3,(H,18,19)(H2,16,17,20)/t10?,11?,12-/m0/s1. The lowest BCUT2D eigenvalue weighted by Gasteiger charge is -2.29. The first-order valence-corrected chi connectivity index (χ1v) is 7.51. The van der Waals surface area contributed by atoms with Crippen LogP contribution in [0.5, 0.6) is 0 Å². The SMILES string of the molecule is CC1CCCCCC1NC(=O)N[C@@H](C(=O)O)C(C)(C)C. The van der Waals surface area contributed by atoms with Crippen LogP contribution in [0.25, 0.3) is 0 Å². The van der Waals surface area contributed by atoms with Crippen LogP contribution in [0.15, 0.2) is 0 Å². The summed E-state index contributed by atoms with van der Waals surface area (Å²) >= 11 is 0. The zero-order valence-electron chi connectivity index (χ0n) is 13.0. The second-order valence-corrected chi connectivity index (χ2v) is 6.98. The van der Waals surface area contributed by atoms with Gasteiger partial charge in [-0.3, -0.25) is 0 Å². The van der Waals surface area contributed by atoms with Crippen molar-refractivity contribution < 1.29 is 14.7 Å². The van der Waals surface area contributed by atoms with Gasteiger partial charge < -0.3 is 15.7 Å². The number of hydrogen-bond acceptors (Lipinski definition) is 2. The number of rotatable bonds is 3. The summed E-state index contributed by atoms with van der Waals surface area (Å²) < 4.78 is 0. The van der Waals surface area contributed by atoms with Crippen molar-refractivity contribution in [1.29, 1.82) is 0 Å². The predicted octanol–water partition coefficient (Wildman–Crippen LogP) is 2.75. The van der Waals surface area contributed by atoms with E-state index in [9.17, 15) is 14.7 Å². The van der Waals surface area contributed by atoms with Gasteiger partial charge in [0.2, 0.25) is 0 Å². The highest BCUT2D eigenvalue weighted by Crippen LogP contribution is 2.23. The smallest absolute Gasteiger partial charge is 0.326 e. The maximum atomic E-state index is 12.0. The fraction of sp³-hybridized carbons (Fsp3) is 0.867. The van der Waals surface area contributed by atoms with E-state index in [0.717, 1.165) is 19.3 Å². The Morgan fingerprint density at radius 1 is 1.15 bits per heavy atom. The topological polar surface area (TPSA) is 78.4 Å². The van der Waals surface area contributed by atoms with Crippen molar-refractivity contribution in [3.8, 4) is 0 Å². The molecular weight excluding hydrogens is 256 g/mol. The Bertz CT molecular complexity index is 350. The van der Waals surface area contributed by atoms with Crippen LogP contribution in [0.4, 0.5) is 4.79 Å². The zero-order chi connectivity index (χ0) is 15.3. The monoisotopic (exact) mass is 284 g/mol. The lowest BCUT2D eigenvalue weighted by Crippen LogP contribution is -2.54. The van der Waals surface area contributed by atoms with E-state index < -0.39 is 17.4 Å². The van der Waals surface area contributed by atoms with E-state index in [1.807, 2.05) is 0 Å². The molecule has 1 saturated carbocycles. The molecule has 0 aromatic rings. The highest BCUT2D eigenvalue weighted by Gasteiger charge is 2.33. The summed E-state index contributed by atoms with van der Waals surface area (Å²) in [7, 11) is 0. The number of amides is 2. The molecule has 0 saturated heterocycles. The van der Waals surface area contributed by atoms with Crippen LogP contribution in [-0.4, -0.2) is 29.2 Å². The molecule has 116 valence electrons. The Hall–Kier alpha value is -1.26. The number of carbonyl (C=O) groups excluding carboxylic acids is 1. The molecule has 0 bridgehead atoms.